The Hall–Kier alpha value is -0.861. The minimum atomic E-state index is -0.254. The molecular formula is C18H29NO2Se. The predicted molar refractivity (Wildman–Crippen MR) is 95.1 cm³/mol. The van der Waals surface area contributed by atoms with Crippen molar-refractivity contribution in [3.63, 3.8) is 0 Å². The topological polar surface area (TPSA) is 43.1 Å². The predicted octanol–water partition coefficient (Wildman–Crippen LogP) is 5.26. The van der Waals surface area contributed by atoms with Crippen LogP contribution in [0.5, 0.6) is 0 Å². The summed E-state index contributed by atoms with van der Waals surface area (Å²) in [7, 11) is 0. The molecule has 0 radical (unpaired) electrons. The van der Waals surface area contributed by atoms with Gasteiger partial charge in [-0.2, -0.15) is 0 Å². The van der Waals surface area contributed by atoms with Crippen LogP contribution in [0.1, 0.15) is 71.1 Å². The van der Waals surface area contributed by atoms with Gasteiger partial charge in [-0.15, -0.1) is 0 Å². The summed E-state index contributed by atoms with van der Waals surface area (Å²) >= 11 is 0.240. The number of benzene rings is 1. The number of nitrogens with zero attached hydrogens (tertiary/aromatic N) is 1. The number of nitro groups is 1. The number of hydrogen-bond acceptors (Lipinski definition) is 2. The molecule has 4 heteroatoms. The molecule has 0 saturated heterocycles. The van der Waals surface area contributed by atoms with Crippen LogP contribution in [-0.4, -0.2) is 19.9 Å². The molecule has 0 aliphatic carbocycles. The van der Waals surface area contributed by atoms with Gasteiger partial charge in [-0.05, 0) is 0 Å². The minimum absolute atomic E-state index is 0.240. The van der Waals surface area contributed by atoms with E-state index in [4.69, 9.17) is 0 Å². The Bertz CT molecular complexity index is 423. The van der Waals surface area contributed by atoms with Crippen LogP contribution in [0.3, 0.4) is 0 Å². The second-order valence-electron chi connectivity index (χ2n) is 5.76. The monoisotopic (exact) mass is 371 g/mol. The third-order valence-corrected chi connectivity index (χ3v) is 6.23. The van der Waals surface area contributed by atoms with E-state index in [0.717, 1.165) is 9.78 Å². The van der Waals surface area contributed by atoms with Crippen molar-refractivity contribution >= 4 is 25.1 Å². The molecule has 3 nitrogen and oxygen atoms in total. The van der Waals surface area contributed by atoms with Crippen LogP contribution < -0.4 is 4.46 Å². The molecule has 0 heterocycles. The number of rotatable bonds is 13. The van der Waals surface area contributed by atoms with Gasteiger partial charge in [-0.25, -0.2) is 0 Å². The molecule has 0 N–H and O–H groups in total. The van der Waals surface area contributed by atoms with Crippen LogP contribution >= 0.6 is 0 Å². The van der Waals surface area contributed by atoms with Crippen molar-refractivity contribution in [2.75, 3.05) is 0 Å². The Balaban J connectivity index is 2.01. The molecule has 124 valence electrons. The van der Waals surface area contributed by atoms with Gasteiger partial charge < -0.3 is 0 Å². The van der Waals surface area contributed by atoms with Gasteiger partial charge in [0.25, 0.3) is 0 Å². The fourth-order valence-electron chi connectivity index (χ4n) is 2.50. The fourth-order valence-corrected chi connectivity index (χ4v) is 4.67. The summed E-state index contributed by atoms with van der Waals surface area (Å²) in [5.74, 6) is 0. The maximum atomic E-state index is 10.9. The third-order valence-electron chi connectivity index (χ3n) is 3.82. The molecular weight excluding hydrogens is 341 g/mol. The normalized spacial score (nSPS) is 10.8. The van der Waals surface area contributed by atoms with Crippen molar-refractivity contribution in [2.24, 2.45) is 0 Å². The molecule has 1 aromatic carbocycles. The second kappa shape index (κ2) is 12.7. The van der Waals surface area contributed by atoms with Crippen molar-refractivity contribution in [1.29, 1.82) is 0 Å². The van der Waals surface area contributed by atoms with Crippen LogP contribution in [-0.2, 0) is 0 Å². The van der Waals surface area contributed by atoms with E-state index in [9.17, 15) is 10.1 Å². The Morgan fingerprint density at radius 3 is 2.05 bits per heavy atom. The summed E-state index contributed by atoms with van der Waals surface area (Å²) in [6.07, 6.45) is 13.4. The Labute approximate surface area is 141 Å². The first-order chi connectivity index (χ1) is 10.8. The second-order valence-corrected chi connectivity index (χ2v) is 8.14. The van der Waals surface area contributed by atoms with Crippen LogP contribution in [0.4, 0.5) is 5.69 Å². The van der Waals surface area contributed by atoms with Crippen molar-refractivity contribution in [1.82, 2.24) is 0 Å². The molecule has 0 unspecified atom stereocenters. The standard InChI is InChI=1S/C18H29NO2Se/c1-2-3-4-5-6-7-8-9-10-13-16-22-18-15-12-11-14-17(18)19(20)21/h11-12,14-15H,2-10,13,16H2,1H3. The van der Waals surface area contributed by atoms with E-state index in [1.807, 2.05) is 12.1 Å². The van der Waals surface area contributed by atoms with Crippen LogP contribution in [0, 0.1) is 10.1 Å². The van der Waals surface area contributed by atoms with E-state index >= 15 is 0 Å². The average molecular weight is 370 g/mol. The van der Waals surface area contributed by atoms with Gasteiger partial charge in [0.1, 0.15) is 0 Å². The molecule has 0 spiro atoms. The van der Waals surface area contributed by atoms with Crippen molar-refractivity contribution in [3.05, 3.63) is 34.4 Å². The van der Waals surface area contributed by atoms with Gasteiger partial charge in [0, 0.05) is 0 Å². The third kappa shape index (κ3) is 8.55. The maximum absolute atomic E-state index is 10.9. The van der Waals surface area contributed by atoms with Crippen LogP contribution in [0.2, 0.25) is 5.32 Å². The molecule has 1 rings (SSSR count). The van der Waals surface area contributed by atoms with Crippen molar-refractivity contribution in [3.8, 4) is 0 Å². The molecule has 0 aliphatic rings. The van der Waals surface area contributed by atoms with Gasteiger partial charge in [-0.3, -0.25) is 0 Å². The molecule has 0 aliphatic heterocycles. The Morgan fingerprint density at radius 2 is 1.45 bits per heavy atom. The number of unbranched alkanes of at least 4 members (excludes halogenated alkanes) is 9. The zero-order valence-corrected chi connectivity index (χ0v) is 15.5. The van der Waals surface area contributed by atoms with E-state index in [-0.39, 0.29) is 19.9 Å². The average Bonchev–Trinajstić information content (AvgIpc) is 2.53. The van der Waals surface area contributed by atoms with E-state index < -0.39 is 0 Å². The summed E-state index contributed by atoms with van der Waals surface area (Å²) in [4.78, 5) is 10.7. The summed E-state index contributed by atoms with van der Waals surface area (Å²) in [6.45, 7) is 2.26. The first-order valence-electron chi connectivity index (χ1n) is 8.62. The number of nitro benzene ring substituents is 1. The van der Waals surface area contributed by atoms with Gasteiger partial charge in [0.2, 0.25) is 0 Å². The quantitative estimate of drug-likeness (QED) is 0.206. The SMILES string of the molecule is CCCCCCCCCCCC[Se]c1ccccc1[N+](=O)[O-]. The first-order valence-corrected chi connectivity index (χ1v) is 10.7. The zero-order chi connectivity index (χ0) is 16.0. The Morgan fingerprint density at radius 1 is 0.909 bits per heavy atom. The Kier molecular flexibility index (Phi) is 11.0. The summed E-state index contributed by atoms with van der Waals surface area (Å²) < 4.78 is 0.941. The van der Waals surface area contributed by atoms with Crippen LogP contribution in [0.15, 0.2) is 24.3 Å². The van der Waals surface area contributed by atoms with E-state index in [1.54, 1.807) is 12.1 Å². The van der Waals surface area contributed by atoms with E-state index in [1.165, 1.54) is 64.2 Å². The molecule has 0 saturated carbocycles. The van der Waals surface area contributed by atoms with Gasteiger partial charge >= 0.3 is 141 Å². The molecule has 1 aromatic rings. The van der Waals surface area contributed by atoms with Gasteiger partial charge in [0.05, 0.1) is 0 Å². The summed E-state index contributed by atoms with van der Waals surface area (Å²) in [6, 6.07) is 7.19. The number of hydrogen-bond donors (Lipinski definition) is 0. The fraction of sp³-hybridized carbons (Fsp3) is 0.667. The summed E-state index contributed by atoms with van der Waals surface area (Å²) in [5, 5.41) is 12.1. The number of para-hydroxylation sites is 1. The van der Waals surface area contributed by atoms with Gasteiger partial charge in [-0.1, -0.05) is 0 Å². The first kappa shape index (κ1) is 19.2. The zero-order valence-electron chi connectivity index (χ0n) is 13.8. The van der Waals surface area contributed by atoms with Crippen LogP contribution in [0.25, 0.3) is 0 Å². The molecule has 0 aromatic heterocycles. The molecule has 0 bridgehead atoms. The summed E-state index contributed by atoms with van der Waals surface area (Å²) in [5.41, 5.74) is 0.301. The van der Waals surface area contributed by atoms with E-state index in [0.29, 0.717) is 5.69 Å². The molecule has 0 atom stereocenters. The molecule has 22 heavy (non-hydrogen) atoms. The van der Waals surface area contributed by atoms with Gasteiger partial charge in [0.15, 0.2) is 0 Å². The molecule has 0 amide bonds. The van der Waals surface area contributed by atoms with Crippen molar-refractivity contribution < 1.29 is 4.92 Å². The van der Waals surface area contributed by atoms with E-state index in [2.05, 4.69) is 6.92 Å². The molecule has 0 fully saturated rings. The van der Waals surface area contributed by atoms with Crippen molar-refractivity contribution in [2.45, 2.75) is 76.5 Å².